The highest BCUT2D eigenvalue weighted by Gasteiger charge is 2.22. The largest absolute Gasteiger partial charge is 0.309 e. The van der Waals surface area contributed by atoms with Gasteiger partial charge in [0, 0.05) is 38.7 Å². The minimum atomic E-state index is 0.703. The van der Waals surface area contributed by atoms with E-state index in [1.54, 1.807) is 0 Å². The molecule has 0 bridgehead atoms. The Morgan fingerprint density at radius 3 is 1.54 bits per heavy atom. The van der Waals surface area contributed by atoms with E-state index in [0.717, 1.165) is 55.6 Å². The maximum Gasteiger partial charge on any atom is 0.160 e. The summed E-state index contributed by atoms with van der Waals surface area (Å²) < 4.78 is 4.65. The molecule has 0 spiro atoms. The molecule has 0 radical (unpaired) electrons. The monoisotopic (exact) mass is 638 g/mol. The first-order valence-corrected chi connectivity index (χ1v) is 16.9. The van der Waals surface area contributed by atoms with Crippen molar-refractivity contribution in [2.75, 3.05) is 0 Å². The molecule has 0 unspecified atom stereocenters. The van der Waals surface area contributed by atoms with Crippen molar-refractivity contribution in [1.82, 2.24) is 19.1 Å². The number of hydrogen-bond donors (Lipinski definition) is 0. The van der Waals surface area contributed by atoms with Gasteiger partial charge in [0.25, 0.3) is 0 Å². The summed E-state index contributed by atoms with van der Waals surface area (Å²) >= 11 is 0. The maximum absolute atomic E-state index is 5.44. The average molecular weight is 639 g/mol. The van der Waals surface area contributed by atoms with Crippen LogP contribution in [0.2, 0.25) is 0 Å². The normalized spacial score (nSPS) is 11.6. The molecule has 0 N–H and O–H groups in total. The Balaban J connectivity index is 1.25. The van der Waals surface area contributed by atoms with Crippen molar-refractivity contribution in [1.29, 1.82) is 0 Å². The van der Waals surface area contributed by atoms with Crippen LogP contribution in [0.3, 0.4) is 0 Å². The molecule has 50 heavy (non-hydrogen) atoms. The van der Waals surface area contributed by atoms with Crippen LogP contribution in [0, 0.1) is 0 Å². The highest BCUT2D eigenvalue weighted by molar-refractivity contribution is 6.13. The molecule has 3 aromatic heterocycles. The van der Waals surface area contributed by atoms with Crippen LogP contribution in [0.4, 0.5) is 0 Å². The summed E-state index contributed by atoms with van der Waals surface area (Å²) in [5.41, 5.74) is 12.9. The van der Waals surface area contributed by atoms with Crippen molar-refractivity contribution in [3.63, 3.8) is 0 Å². The zero-order valence-corrected chi connectivity index (χ0v) is 27.1. The van der Waals surface area contributed by atoms with Crippen LogP contribution >= 0.6 is 0 Å². The number of para-hydroxylation sites is 4. The van der Waals surface area contributed by atoms with Crippen molar-refractivity contribution >= 4 is 43.7 Å². The Morgan fingerprint density at radius 2 is 0.840 bits per heavy atom. The van der Waals surface area contributed by atoms with E-state index < -0.39 is 0 Å². The van der Waals surface area contributed by atoms with Gasteiger partial charge in [0.05, 0.1) is 27.8 Å². The Labute approximate surface area is 289 Å². The summed E-state index contributed by atoms with van der Waals surface area (Å²) in [6, 6.07) is 64.2. The Bertz CT molecular complexity index is 2830. The highest BCUT2D eigenvalue weighted by atomic mass is 15.0. The molecule has 10 rings (SSSR count). The molecule has 4 heteroatoms. The molecule has 234 valence electrons. The van der Waals surface area contributed by atoms with Gasteiger partial charge < -0.3 is 9.13 Å². The van der Waals surface area contributed by atoms with Crippen LogP contribution in [0.5, 0.6) is 0 Å². The van der Waals surface area contributed by atoms with Crippen LogP contribution in [-0.2, 0) is 0 Å². The fraction of sp³-hybridized carbons (Fsp3) is 0. The molecular formula is C46H30N4. The van der Waals surface area contributed by atoms with E-state index in [1.807, 2.05) is 0 Å². The van der Waals surface area contributed by atoms with Crippen LogP contribution in [0.15, 0.2) is 182 Å². The molecule has 0 atom stereocenters. The summed E-state index contributed by atoms with van der Waals surface area (Å²) in [5, 5.41) is 3.47. The van der Waals surface area contributed by atoms with Crippen molar-refractivity contribution in [2.45, 2.75) is 0 Å². The van der Waals surface area contributed by atoms with Gasteiger partial charge in [0.2, 0.25) is 0 Å². The van der Waals surface area contributed by atoms with E-state index in [-0.39, 0.29) is 0 Å². The predicted octanol–water partition coefficient (Wildman–Crippen LogP) is 11.7. The lowest BCUT2D eigenvalue weighted by molar-refractivity contribution is 1.15. The standard InChI is InChI=1S/C46H30N4/c1-4-14-31(15-5-1)32-24-26-33(27-25-32)43-45-44(38-21-11-13-23-41(38)50(45)36-18-8-3-9-19-36)48-46(47-43)34-28-29-42-39(30-34)37-20-10-12-22-40(37)49(42)35-16-6-2-7-17-35/h1-30H. The predicted molar refractivity (Wildman–Crippen MR) is 207 cm³/mol. The number of aromatic nitrogens is 4. The van der Waals surface area contributed by atoms with E-state index >= 15 is 0 Å². The molecule has 10 aromatic rings. The average Bonchev–Trinajstić information content (AvgIpc) is 3.71. The van der Waals surface area contributed by atoms with Crippen LogP contribution in [0.1, 0.15) is 0 Å². The zero-order valence-electron chi connectivity index (χ0n) is 27.1. The maximum atomic E-state index is 5.44. The van der Waals surface area contributed by atoms with Crippen molar-refractivity contribution in [3.05, 3.63) is 182 Å². The molecule has 4 nitrogen and oxygen atoms in total. The van der Waals surface area contributed by atoms with Gasteiger partial charge in [-0.15, -0.1) is 0 Å². The molecule has 0 aliphatic carbocycles. The van der Waals surface area contributed by atoms with Gasteiger partial charge in [-0.05, 0) is 65.7 Å². The third kappa shape index (κ3) is 4.46. The molecule has 0 amide bonds. The second-order valence-electron chi connectivity index (χ2n) is 12.6. The van der Waals surface area contributed by atoms with Crippen LogP contribution in [0.25, 0.3) is 88.9 Å². The molecule has 3 heterocycles. The number of benzene rings is 7. The summed E-state index contributed by atoms with van der Waals surface area (Å²) in [6.45, 7) is 0. The molecule has 7 aromatic carbocycles. The second-order valence-corrected chi connectivity index (χ2v) is 12.6. The lowest BCUT2D eigenvalue weighted by Crippen LogP contribution is -2.00. The Kier molecular flexibility index (Phi) is 6.46. The topological polar surface area (TPSA) is 35.6 Å². The molecular weight excluding hydrogens is 609 g/mol. The first-order chi connectivity index (χ1) is 24.8. The first-order valence-electron chi connectivity index (χ1n) is 16.9. The number of rotatable bonds is 5. The fourth-order valence-electron chi connectivity index (χ4n) is 7.44. The third-order valence-corrected chi connectivity index (χ3v) is 9.73. The van der Waals surface area contributed by atoms with Gasteiger partial charge >= 0.3 is 0 Å². The molecule has 0 saturated carbocycles. The number of hydrogen-bond acceptors (Lipinski definition) is 2. The van der Waals surface area contributed by atoms with Gasteiger partial charge in [0.1, 0.15) is 5.52 Å². The second kappa shape index (κ2) is 11.4. The van der Waals surface area contributed by atoms with Gasteiger partial charge in [-0.25, -0.2) is 9.97 Å². The Morgan fingerprint density at radius 1 is 0.340 bits per heavy atom. The van der Waals surface area contributed by atoms with Gasteiger partial charge in [-0.2, -0.15) is 0 Å². The van der Waals surface area contributed by atoms with E-state index in [0.29, 0.717) is 5.82 Å². The molecule has 0 saturated heterocycles. The van der Waals surface area contributed by atoms with Gasteiger partial charge in [-0.1, -0.05) is 127 Å². The summed E-state index contributed by atoms with van der Waals surface area (Å²) in [4.78, 5) is 10.8. The molecule has 0 aliphatic heterocycles. The lowest BCUT2D eigenvalue weighted by Gasteiger charge is -2.13. The number of nitrogens with zero attached hydrogens (tertiary/aromatic N) is 4. The van der Waals surface area contributed by atoms with E-state index in [9.17, 15) is 0 Å². The lowest BCUT2D eigenvalue weighted by atomic mass is 10.0. The third-order valence-electron chi connectivity index (χ3n) is 9.73. The summed E-state index contributed by atoms with van der Waals surface area (Å²) in [7, 11) is 0. The number of fused-ring (bicyclic) bond motifs is 6. The van der Waals surface area contributed by atoms with Crippen molar-refractivity contribution < 1.29 is 0 Å². The van der Waals surface area contributed by atoms with Crippen LogP contribution in [-0.4, -0.2) is 19.1 Å². The minimum absolute atomic E-state index is 0.703. The highest BCUT2D eigenvalue weighted by Crippen LogP contribution is 2.40. The molecule has 0 fully saturated rings. The Hall–Kier alpha value is -6.78. The zero-order chi connectivity index (χ0) is 33.0. The van der Waals surface area contributed by atoms with Crippen molar-refractivity contribution in [3.8, 4) is 45.1 Å². The first kappa shape index (κ1) is 28.3. The van der Waals surface area contributed by atoms with E-state index in [2.05, 4.69) is 191 Å². The smallest absolute Gasteiger partial charge is 0.160 e. The fourth-order valence-corrected chi connectivity index (χ4v) is 7.44. The quantitative estimate of drug-likeness (QED) is 0.188. The molecule has 0 aliphatic rings. The van der Waals surface area contributed by atoms with E-state index in [4.69, 9.17) is 9.97 Å². The summed E-state index contributed by atoms with van der Waals surface area (Å²) in [6.07, 6.45) is 0. The van der Waals surface area contributed by atoms with Gasteiger partial charge in [-0.3, -0.25) is 0 Å². The van der Waals surface area contributed by atoms with E-state index in [1.165, 1.54) is 27.4 Å². The SMILES string of the molecule is c1ccc(-c2ccc(-c3nc(-c4ccc5c(c4)c4ccccc4n5-c4ccccc4)nc4c5ccccc5n(-c5ccccc5)c34)cc2)cc1. The summed E-state index contributed by atoms with van der Waals surface area (Å²) in [5.74, 6) is 0.703. The van der Waals surface area contributed by atoms with Crippen LogP contribution < -0.4 is 0 Å². The minimum Gasteiger partial charge on any atom is -0.309 e. The van der Waals surface area contributed by atoms with Gasteiger partial charge in [0.15, 0.2) is 5.82 Å². The van der Waals surface area contributed by atoms with Crippen molar-refractivity contribution in [2.24, 2.45) is 0 Å².